The van der Waals surface area contributed by atoms with E-state index in [-0.39, 0.29) is 5.78 Å². The van der Waals surface area contributed by atoms with E-state index < -0.39 is 0 Å². The molecule has 0 saturated heterocycles. The number of carbonyl (C=O) groups is 1. The smallest absolute Gasteiger partial charge is 0.140 e. The van der Waals surface area contributed by atoms with Crippen LogP contribution in [0.2, 0.25) is 5.02 Å². The van der Waals surface area contributed by atoms with E-state index in [1.165, 1.54) is 11.8 Å². The van der Waals surface area contributed by atoms with Crippen molar-refractivity contribution in [2.45, 2.75) is 11.8 Å². The highest BCUT2D eigenvalue weighted by atomic mass is 35.5. The number of ketones is 1. The van der Waals surface area contributed by atoms with Crippen molar-refractivity contribution in [3.05, 3.63) is 23.2 Å². The number of benzene rings is 1. The maximum absolute atomic E-state index is 10.7. The zero-order valence-electron chi connectivity index (χ0n) is 8.04. The van der Waals surface area contributed by atoms with Gasteiger partial charge in [0.2, 0.25) is 0 Å². The average Bonchev–Trinajstić information content (AvgIpc) is 2.15. The summed E-state index contributed by atoms with van der Waals surface area (Å²) in [6.45, 7) is 1.57. The van der Waals surface area contributed by atoms with Crippen LogP contribution in [0.25, 0.3) is 0 Å². The largest absolute Gasteiger partial charge is 0.495 e. The Morgan fingerprint density at radius 1 is 1.57 bits per heavy atom. The number of carbonyl (C=O) groups excluding carboxylic acids is 1. The molecule has 0 aliphatic rings. The maximum atomic E-state index is 10.7. The lowest BCUT2D eigenvalue weighted by Gasteiger charge is -2.04. The number of halogens is 1. The number of thioether (sulfide) groups is 1. The van der Waals surface area contributed by atoms with Gasteiger partial charge in [-0.25, -0.2) is 0 Å². The molecule has 0 saturated carbocycles. The molecule has 0 unspecified atom stereocenters. The van der Waals surface area contributed by atoms with Crippen LogP contribution in [0.4, 0.5) is 0 Å². The second-order valence-electron chi connectivity index (χ2n) is 2.79. The fourth-order valence-corrected chi connectivity index (χ4v) is 1.98. The van der Waals surface area contributed by atoms with Crippen LogP contribution in [-0.2, 0) is 4.79 Å². The Hall–Kier alpha value is -0.670. The first-order valence-electron chi connectivity index (χ1n) is 4.09. The molecule has 0 heterocycles. The summed E-state index contributed by atoms with van der Waals surface area (Å²) in [5.74, 6) is 1.28. The minimum absolute atomic E-state index is 0.155. The van der Waals surface area contributed by atoms with Gasteiger partial charge in [0, 0.05) is 4.90 Å². The van der Waals surface area contributed by atoms with Crippen LogP contribution >= 0.6 is 23.4 Å². The van der Waals surface area contributed by atoms with Crippen molar-refractivity contribution in [2.75, 3.05) is 12.9 Å². The quantitative estimate of drug-likeness (QED) is 0.744. The van der Waals surface area contributed by atoms with E-state index in [2.05, 4.69) is 0 Å². The molecule has 0 aliphatic carbocycles. The van der Waals surface area contributed by atoms with Crippen LogP contribution < -0.4 is 4.74 Å². The predicted octanol–water partition coefficient (Wildman–Crippen LogP) is 3.03. The molecule has 0 atom stereocenters. The molecule has 0 N–H and O–H groups in total. The minimum Gasteiger partial charge on any atom is -0.495 e. The Kier molecular flexibility index (Phi) is 4.29. The van der Waals surface area contributed by atoms with Gasteiger partial charge in [-0.3, -0.25) is 4.79 Å². The first-order valence-corrected chi connectivity index (χ1v) is 5.45. The number of ether oxygens (including phenoxy) is 1. The average molecular weight is 231 g/mol. The number of hydrogen-bond acceptors (Lipinski definition) is 3. The van der Waals surface area contributed by atoms with Crippen molar-refractivity contribution in [1.29, 1.82) is 0 Å². The molecular formula is C10H11ClO2S. The normalized spacial score (nSPS) is 9.93. The molecule has 0 radical (unpaired) electrons. The highest BCUT2D eigenvalue weighted by molar-refractivity contribution is 8.00. The third kappa shape index (κ3) is 3.24. The Morgan fingerprint density at radius 3 is 2.79 bits per heavy atom. The summed E-state index contributed by atoms with van der Waals surface area (Å²) in [7, 11) is 1.57. The van der Waals surface area contributed by atoms with E-state index in [1.54, 1.807) is 26.2 Å². The maximum Gasteiger partial charge on any atom is 0.140 e. The summed E-state index contributed by atoms with van der Waals surface area (Å²) in [5.41, 5.74) is 0. The fraction of sp³-hybridized carbons (Fsp3) is 0.300. The zero-order chi connectivity index (χ0) is 10.6. The standard InChI is InChI=1S/C10H11ClO2S/c1-7(12)6-14-8-3-4-10(13-2)9(11)5-8/h3-5H,6H2,1-2H3. The van der Waals surface area contributed by atoms with Gasteiger partial charge in [0.1, 0.15) is 11.5 Å². The van der Waals surface area contributed by atoms with Crippen LogP contribution in [0.15, 0.2) is 23.1 Å². The molecule has 1 rings (SSSR count). The molecule has 2 nitrogen and oxygen atoms in total. The lowest BCUT2D eigenvalue weighted by atomic mass is 10.3. The molecule has 1 aromatic carbocycles. The van der Waals surface area contributed by atoms with Crippen LogP contribution in [0.5, 0.6) is 5.75 Å². The first-order chi connectivity index (χ1) is 6.63. The fourth-order valence-electron chi connectivity index (χ4n) is 0.922. The van der Waals surface area contributed by atoms with Crippen molar-refractivity contribution in [2.24, 2.45) is 0 Å². The zero-order valence-corrected chi connectivity index (χ0v) is 9.61. The summed E-state index contributed by atoms with van der Waals surface area (Å²) in [4.78, 5) is 11.7. The van der Waals surface area contributed by atoms with Gasteiger partial charge in [-0.2, -0.15) is 0 Å². The van der Waals surface area contributed by atoms with Gasteiger partial charge in [-0.05, 0) is 25.1 Å². The van der Waals surface area contributed by atoms with Gasteiger partial charge in [0.25, 0.3) is 0 Å². The topological polar surface area (TPSA) is 26.3 Å². The molecule has 0 amide bonds. The van der Waals surface area contributed by atoms with Crippen molar-refractivity contribution >= 4 is 29.1 Å². The SMILES string of the molecule is COc1ccc(SCC(C)=O)cc1Cl. The van der Waals surface area contributed by atoms with Crippen LogP contribution in [-0.4, -0.2) is 18.6 Å². The van der Waals surface area contributed by atoms with Crippen molar-refractivity contribution in [3.8, 4) is 5.75 Å². The van der Waals surface area contributed by atoms with Crippen molar-refractivity contribution in [3.63, 3.8) is 0 Å². The third-order valence-corrected chi connectivity index (χ3v) is 3.00. The lowest BCUT2D eigenvalue weighted by Crippen LogP contribution is -1.92. The summed E-state index contributed by atoms with van der Waals surface area (Å²) in [6.07, 6.45) is 0. The van der Waals surface area contributed by atoms with Gasteiger partial charge >= 0.3 is 0 Å². The van der Waals surface area contributed by atoms with Crippen LogP contribution in [0.1, 0.15) is 6.92 Å². The Morgan fingerprint density at radius 2 is 2.29 bits per heavy atom. The molecule has 0 spiro atoms. The first kappa shape index (κ1) is 11.4. The second-order valence-corrected chi connectivity index (χ2v) is 4.24. The summed E-state index contributed by atoms with van der Waals surface area (Å²) in [6, 6.07) is 5.48. The van der Waals surface area contributed by atoms with E-state index in [1.807, 2.05) is 6.07 Å². The van der Waals surface area contributed by atoms with Gasteiger partial charge in [0.15, 0.2) is 0 Å². The Labute approximate surface area is 92.6 Å². The molecule has 14 heavy (non-hydrogen) atoms. The summed E-state index contributed by atoms with van der Waals surface area (Å²) >= 11 is 7.39. The molecule has 1 aromatic rings. The van der Waals surface area contributed by atoms with Gasteiger partial charge in [-0.1, -0.05) is 11.6 Å². The van der Waals surface area contributed by atoms with Gasteiger partial charge in [-0.15, -0.1) is 11.8 Å². The lowest BCUT2D eigenvalue weighted by molar-refractivity contribution is -0.114. The summed E-state index contributed by atoms with van der Waals surface area (Å²) in [5, 5.41) is 0.570. The van der Waals surface area contributed by atoms with Gasteiger partial charge in [0.05, 0.1) is 17.9 Å². The molecule has 0 aromatic heterocycles. The Bertz CT molecular complexity index is 339. The highest BCUT2D eigenvalue weighted by Crippen LogP contribution is 2.29. The molecule has 76 valence electrons. The molecule has 0 fully saturated rings. The number of Topliss-reactive ketones (excluding diaryl/α,β-unsaturated/α-hetero) is 1. The molecule has 0 aliphatic heterocycles. The second kappa shape index (κ2) is 5.27. The van der Waals surface area contributed by atoms with Crippen LogP contribution in [0, 0.1) is 0 Å². The van der Waals surface area contributed by atoms with Crippen molar-refractivity contribution < 1.29 is 9.53 Å². The van der Waals surface area contributed by atoms with E-state index in [9.17, 15) is 4.79 Å². The highest BCUT2D eigenvalue weighted by Gasteiger charge is 2.02. The van der Waals surface area contributed by atoms with E-state index >= 15 is 0 Å². The number of methoxy groups -OCH3 is 1. The third-order valence-electron chi connectivity index (χ3n) is 1.57. The molecular weight excluding hydrogens is 220 g/mol. The van der Waals surface area contributed by atoms with Crippen LogP contribution in [0.3, 0.4) is 0 Å². The Balaban J connectivity index is 2.71. The molecule has 0 bridgehead atoms. The number of rotatable bonds is 4. The number of hydrogen-bond donors (Lipinski definition) is 0. The van der Waals surface area contributed by atoms with E-state index in [4.69, 9.17) is 16.3 Å². The monoisotopic (exact) mass is 230 g/mol. The van der Waals surface area contributed by atoms with Gasteiger partial charge < -0.3 is 4.74 Å². The minimum atomic E-state index is 0.155. The predicted molar refractivity (Wildman–Crippen MR) is 59.4 cm³/mol. The summed E-state index contributed by atoms with van der Waals surface area (Å²) < 4.78 is 5.02. The van der Waals surface area contributed by atoms with E-state index in [0.717, 1.165) is 4.90 Å². The van der Waals surface area contributed by atoms with Crippen molar-refractivity contribution in [1.82, 2.24) is 0 Å². The van der Waals surface area contributed by atoms with E-state index in [0.29, 0.717) is 16.5 Å². The molecule has 4 heteroatoms.